The van der Waals surface area contributed by atoms with Gasteiger partial charge in [-0.25, -0.2) is 0 Å². The molecule has 2 aromatic carbocycles. The van der Waals surface area contributed by atoms with Gasteiger partial charge in [-0.15, -0.1) is 0 Å². The van der Waals surface area contributed by atoms with Crippen LogP contribution in [-0.2, 0) is 6.54 Å². The van der Waals surface area contributed by atoms with Gasteiger partial charge in [0.15, 0.2) is 0 Å². The Morgan fingerprint density at radius 2 is 1.70 bits per heavy atom. The first-order valence-corrected chi connectivity index (χ1v) is 6.87. The number of benzene rings is 2. The zero-order valence-corrected chi connectivity index (χ0v) is 12.1. The topological polar surface area (TPSA) is 80.5 Å². The van der Waals surface area contributed by atoms with Crippen molar-refractivity contribution >= 4 is 23.6 Å². The first kappa shape index (κ1) is 14.6. The standard InChI is InChI=1S/C17H12N2O4/c1-2-11-3-5-12(6-4-11)10-18-16(20)14-8-7-13(19(22)23)9-15(14)17(18)21/h2-9H,1,10H2. The number of nitro groups is 1. The predicted molar refractivity (Wildman–Crippen MR) is 83.8 cm³/mol. The maximum Gasteiger partial charge on any atom is 0.270 e. The van der Waals surface area contributed by atoms with Crippen LogP contribution in [0.3, 0.4) is 0 Å². The Hall–Kier alpha value is -3.28. The van der Waals surface area contributed by atoms with Crippen LogP contribution in [0.1, 0.15) is 31.8 Å². The Bertz CT molecular complexity index is 840. The van der Waals surface area contributed by atoms with Gasteiger partial charge in [0.05, 0.1) is 22.6 Å². The molecule has 1 heterocycles. The van der Waals surface area contributed by atoms with Crippen LogP contribution in [0.25, 0.3) is 6.08 Å². The molecule has 114 valence electrons. The zero-order chi connectivity index (χ0) is 16.6. The number of imide groups is 1. The van der Waals surface area contributed by atoms with Gasteiger partial charge < -0.3 is 0 Å². The van der Waals surface area contributed by atoms with Crippen LogP contribution in [-0.4, -0.2) is 21.6 Å². The van der Waals surface area contributed by atoms with Crippen molar-refractivity contribution in [2.75, 3.05) is 0 Å². The number of nitro benzene ring substituents is 1. The van der Waals surface area contributed by atoms with E-state index in [1.165, 1.54) is 12.1 Å². The van der Waals surface area contributed by atoms with Crippen molar-refractivity contribution < 1.29 is 14.5 Å². The molecule has 3 rings (SSSR count). The number of non-ortho nitro benzene ring substituents is 1. The zero-order valence-electron chi connectivity index (χ0n) is 12.1. The van der Waals surface area contributed by atoms with Crippen molar-refractivity contribution in [3.8, 4) is 0 Å². The molecule has 6 nitrogen and oxygen atoms in total. The second-order valence-corrected chi connectivity index (χ2v) is 5.13. The smallest absolute Gasteiger partial charge is 0.270 e. The summed E-state index contributed by atoms with van der Waals surface area (Å²) in [7, 11) is 0. The SMILES string of the molecule is C=Cc1ccc(CN2C(=O)c3ccc([N+](=O)[O-])cc3C2=O)cc1. The van der Waals surface area contributed by atoms with E-state index in [4.69, 9.17) is 0 Å². The fraction of sp³-hybridized carbons (Fsp3) is 0.0588. The molecule has 6 heteroatoms. The number of hydrogen-bond donors (Lipinski definition) is 0. The summed E-state index contributed by atoms with van der Waals surface area (Å²) < 4.78 is 0. The first-order chi connectivity index (χ1) is 11.0. The summed E-state index contributed by atoms with van der Waals surface area (Å²) in [5.41, 5.74) is 1.80. The molecule has 0 spiro atoms. The van der Waals surface area contributed by atoms with E-state index >= 15 is 0 Å². The quantitative estimate of drug-likeness (QED) is 0.494. The summed E-state index contributed by atoms with van der Waals surface area (Å²) >= 11 is 0. The fourth-order valence-electron chi connectivity index (χ4n) is 2.48. The van der Waals surface area contributed by atoms with Crippen LogP contribution >= 0.6 is 0 Å². The van der Waals surface area contributed by atoms with Crippen molar-refractivity contribution in [3.05, 3.63) is 81.4 Å². The molecule has 0 bridgehead atoms. The Labute approximate surface area is 131 Å². The lowest BCUT2D eigenvalue weighted by atomic mass is 10.1. The van der Waals surface area contributed by atoms with Crippen LogP contribution in [0, 0.1) is 10.1 Å². The molecule has 0 saturated heterocycles. The molecule has 2 amide bonds. The minimum absolute atomic E-state index is 0.0758. The van der Waals surface area contributed by atoms with E-state index < -0.39 is 16.7 Å². The monoisotopic (exact) mass is 308 g/mol. The van der Waals surface area contributed by atoms with E-state index in [0.29, 0.717) is 0 Å². The molecular formula is C17H12N2O4. The van der Waals surface area contributed by atoms with E-state index in [9.17, 15) is 19.7 Å². The second-order valence-electron chi connectivity index (χ2n) is 5.13. The number of carbonyl (C=O) groups excluding carboxylic acids is 2. The highest BCUT2D eigenvalue weighted by molar-refractivity contribution is 6.21. The van der Waals surface area contributed by atoms with Gasteiger partial charge in [-0.05, 0) is 17.2 Å². The summed E-state index contributed by atoms with van der Waals surface area (Å²) in [6, 6.07) is 11.0. The van der Waals surface area contributed by atoms with Gasteiger partial charge in [0.2, 0.25) is 0 Å². The third-order valence-electron chi connectivity index (χ3n) is 3.72. The molecule has 2 aromatic rings. The van der Waals surface area contributed by atoms with Crippen molar-refractivity contribution in [1.29, 1.82) is 0 Å². The summed E-state index contributed by atoms with van der Waals surface area (Å²) in [4.78, 5) is 36.0. The fourth-order valence-corrected chi connectivity index (χ4v) is 2.48. The Morgan fingerprint density at radius 1 is 1.04 bits per heavy atom. The Morgan fingerprint density at radius 3 is 2.30 bits per heavy atom. The van der Waals surface area contributed by atoms with Gasteiger partial charge >= 0.3 is 0 Å². The average Bonchev–Trinajstić information content (AvgIpc) is 2.80. The highest BCUT2D eigenvalue weighted by atomic mass is 16.6. The van der Waals surface area contributed by atoms with Crippen LogP contribution in [0.4, 0.5) is 5.69 Å². The third-order valence-corrected chi connectivity index (χ3v) is 3.72. The molecular weight excluding hydrogens is 296 g/mol. The predicted octanol–water partition coefficient (Wildman–Crippen LogP) is 3.03. The largest absolute Gasteiger partial charge is 0.270 e. The third kappa shape index (κ3) is 2.50. The summed E-state index contributed by atoms with van der Waals surface area (Å²) in [5.74, 6) is -0.950. The van der Waals surface area contributed by atoms with Crippen LogP contribution in [0.15, 0.2) is 49.0 Å². The molecule has 1 aliphatic rings. The minimum atomic E-state index is -0.589. The van der Waals surface area contributed by atoms with Gasteiger partial charge in [-0.1, -0.05) is 36.9 Å². The number of amides is 2. The van der Waals surface area contributed by atoms with Crippen molar-refractivity contribution in [1.82, 2.24) is 4.90 Å². The number of fused-ring (bicyclic) bond motifs is 1. The van der Waals surface area contributed by atoms with Crippen LogP contribution in [0.2, 0.25) is 0 Å². The van der Waals surface area contributed by atoms with E-state index in [2.05, 4.69) is 6.58 Å². The molecule has 0 radical (unpaired) electrons. The second kappa shape index (κ2) is 5.49. The van der Waals surface area contributed by atoms with Crippen molar-refractivity contribution in [2.24, 2.45) is 0 Å². The molecule has 0 atom stereocenters. The highest BCUT2D eigenvalue weighted by Gasteiger charge is 2.36. The Kier molecular flexibility index (Phi) is 3.50. The van der Waals surface area contributed by atoms with Gasteiger partial charge in [-0.3, -0.25) is 24.6 Å². The summed E-state index contributed by atoms with van der Waals surface area (Å²) in [5, 5.41) is 10.8. The van der Waals surface area contributed by atoms with Gasteiger partial charge in [0, 0.05) is 12.1 Å². The number of carbonyl (C=O) groups is 2. The molecule has 0 unspecified atom stereocenters. The molecule has 1 aliphatic heterocycles. The molecule has 0 fully saturated rings. The lowest BCUT2D eigenvalue weighted by Crippen LogP contribution is -2.29. The van der Waals surface area contributed by atoms with E-state index in [-0.39, 0.29) is 23.4 Å². The maximum absolute atomic E-state index is 12.4. The minimum Gasteiger partial charge on any atom is -0.270 e. The maximum atomic E-state index is 12.4. The molecule has 0 aromatic heterocycles. The van der Waals surface area contributed by atoms with Crippen LogP contribution in [0.5, 0.6) is 0 Å². The van der Waals surface area contributed by atoms with E-state index in [1.54, 1.807) is 6.08 Å². The molecule has 0 saturated carbocycles. The van der Waals surface area contributed by atoms with Gasteiger partial charge in [-0.2, -0.15) is 0 Å². The average molecular weight is 308 g/mol. The lowest BCUT2D eigenvalue weighted by Gasteiger charge is -2.13. The number of hydrogen-bond acceptors (Lipinski definition) is 4. The van der Waals surface area contributed by atoms with Crippen molar-refractivity contribution in [3.63, 3.8) is 0 Å². The summed E-state index contributed by atoms with van der Waals surface area (Å²) in [6.45, 7) is 3.79. The summed E-state index contributed by atoms with van der Waals surface area (Å²) in [6.07, 6.45) is 1.70. The molecule has 23 heavy (non-hydrogen) atoms. The van der Waals surface area contributed by atoms with E-state index in [0.717, 1.165) is 22.1 Å². The lowest BCUT2D eigenvalue weighted by molar-refractivity contribution is -0.384. The first-order valence-electron chi connectivity index (χ1n) is 6.87. The van der Waals surface area contributed by atoms with Gasteiger partial charge in [0.1, 0.15) is 0 Å². The molecule has 0 aliphatic carbocycles. The number of rotatable bonds is 4. The van der Waals surface area contributed by atoms with E-state index in [1.807, 2.05) is 24.3 Å². The highest BCUT2D eigenvalue weighted by Crippen LogP contribution is 2.28. The normalized spacial score (nSPS) is 13.1. The van der Waals surface area contributed by atoms with Crippen LogP contribution < -0.4 is 0 Å². The van der Waals surface area contributed by atoms with Gasteiger partial charge in [0.25, 0.3) is 17.5 Å². The molecule has 0 N–H and O–H groups in total. The Balaban J connectivity index is 1.90. The van der Waals surface area contributed by atoms with Crippen molar-refractivity contribution in [2.45, 2.75) is 6.54 Å². The number of nitrogens with zero attached hydrogens (tertiary/aromatic N) is 2.